The number of hydrogen-bond donors (Lipinski definition) is 2. The van der Waals surface area contributed by atoms with Crippen LogP contribution < -0.4 is 10.6 Å². The molecule has 23 heavy (non-hydrogen) atoms. The van der Waals surface area contributed by atoms with Gasteiger partial charge >= 0.3 is 0 Å². The predicted molar refractivity (Wildman–Crippen MR) is 91.7 cm³/mol. The Kier molecular flexibility index (Phi) is 5.39. The molecule has 0 aliphatic heterocycles. The first-order chi connectivity index (χ1) is 10.9. The topological polar surface area (TPSA) is 68.2 Å². The van der Waals surface area contributed by atoms with Gasteiger partial charge in [0, 0.05) is 19.8 Å². The molecule has 0 radical (unpaired) electrons. The maximum absolute atomic E-state index is 12.1. The molecule has 0 unspecified atom stereocenters. The Hall–Kier alpha value is -2.34. The second kappa shape index (κ2) is 7.28. The number of methoxy groups -OCH3 is 1. The highest BCUT2D eigenvalue weighted by molar-refractivity contribution is 5.94. The number of aryl methyl sites for hydroxylation is 2. The molecule has 2 rings (SSSR count). The lowest BCUT2D eigenvalue weighted by Gasteiger charge is -2.12. The van der Waals surface area contributed by atoms with Crippen LogP contribution in [0.1, 0.15) is 30.0 Å². The van der Waals surface area contributed by atoms with Gasteiger partial charge in [-0.3, -0.25) is 9.48 Å². The summed E-state index contributed by atoms with van der Waals surface area (Å²) < 4.78 is 7.07. The van der Waals surface area contributed by atoms with Crippen LogP contribution in [-0.4, -0.2) is 29.3 Å². The van der Waals surface area contributed by atoms with Gasteiger partial charge in [0.15, 0.2) is 0 Å². The number of carbonyl (C=O) groups excluding carboxylic acids is 1. The van der Waals surface area contributed by atoms with Crippen molar-refractivity contribution in [2.75, 3.05) is 24.3 Å². The molecule has 0 bridgehead atoms. The summed E-state index contributed by atoms with van der Waals surface area (Å²) in [6.07, 6.45) is 0.0197. The zero-order chi connectivity index (χ0) is 17.0. The number of nitrogens with one attached hydrogen (secondary N) is 2. The molecule has 1 heterocycles. The molecule has 6 nitrogen and oxygen atoms in total. The van der Waals surface area contributed by atoms with Crippen LogP contribution in [-0.2, 0) is 16.6 Å². The lowest BCUT2D eigenvalue weighted by molar-refractivity contribution is -0.114. The van der Waals surface area contributed by atoms with E-state index in [0.29, 0.717) is 0 Å². The monoisotopic (exact) mass is 316 g/mol. The fourth-order valence-electron chi connectivity index (χ4n) is 2.36. The van der Waals surface area contributed by atoms with Crippen molar-refractivity contribution < 1.29 is 9.53 Å². The summed E-state index contributed by atoms with van der Waals surface area (Å²) in [6, 6.07) is 7.87. The molecule has 0 aliphatic carbocycles. The third kappa shape index (κ3) is 4.10. The SMILES string of the molecule is CO[C@H](C)c1cccc(NCC(=O)Nc2c(C)nn(C)c2C)c1. The molecular formula is C17H24N4O2. The second-order valence-corrected chi connectivity index (χ2v) is 5.57. The van der Waals surface area contributed by atoms with Crippen molar-refractivity contribution in [3.05, 3.63) is 41.2 Å². The molecule has 0 saturated heterocycles. The maximum Gasteiger partial charge on any atom is 0.243 e. The van der Waals surface area contributed by atoms with Crippen molar-refractivity contribution in [2.45, 2.75) is 26.9 Å². The second-order valence-electron chi connectivity index (χ2n) is 5.57. The first-order valence-electron chi connectivity index (χ1n) is 7.59. The van der Waals surface area contributed by atoms with Crippen LogP contribution in [0.15, 0.2) is 24.3 Å². The van der Waals surface area contributed by atoms with Crippen molar-refractivity contribution in [3.63, 3.8) is 0 Å². The number of anilines is 2. The van der Waals surface area contributed by atoms with Crippen molar-refractivity contribution in [1.29, 1.82) is 0 Å². The van der Waals surface area contributed by atoms with Crippen LogP contribution in [0.2, 0.25) is 0 Å². The molecule has 1 aromatic carbocycles. The summed E-state index contributed by atoms with van der Waals surface area (Å²) in [7, 11) is 3.54. The van der Waals surface area contributed by atoms with E-state index in [0.717, 1.165) is 28.3 Å². The normalized spacial score (nSPS) is 12.0. The van der Waals surface area contributed by atoms with Crippen molar-refractivity contribution in [3.8, 4) is 0 Å². The average Bonchev–Trinajstić information content (AvgIpc) is 2.78. The van der Waals surface area contributed by atoms with Gasteiger partial charge in [-0.05, 0) is 38.5 Å². The van der Waals surface area contributed by atoms with Gasteiger partial charge in [0.1, 0.15) is 0 Å². The highest BCUT2D eigenvalue weighted by Gasteiger charge is 2.12. The summed E-state index contributed by atoms with van der Waals surface area (Å²) in [6.45, 7) is 5.99. The summed E-state index contributed by atoms with van der Waals surface area (Å²) in [5.74, 6) is -0.102. The van der Waals surface area contributed by atoms with Gasteiger partial charge in [-0.15, -0.1) is 0 Å². The highest BCUT2D eigenvalue weighted by Crippen LogP contribution is 2.20. The van der Waals surface area contributed by atoms with Gasteiger partial charge in [-0.2, -0.15) is 5.10 Å². The molecule has 0 spiro atoms. The van der Waals surface area contributed by atoms with E-state index in [1.807, 2.05) is 52.1 Å². The average molecular weight is 316 g/mol. The van der Waals surface area contributed by atoms with E-state index in [1.165, 1.54) is 0 Å². The third-order valence-electron chi connectivity index (χ3n) is 3.94. The van der Waals surface area contributed by atoms with Crippen LogP contribution in [0, 0.1) is 13.8 Å². The largest absolute Gasteiger partial charge is 0.377 e. The van der Waals surface area contributed by atoms with E-state index >= 15 is 0 Å². The molecule has 0 fully saturated rings. The number of hydrogen-bond acceptors (Lipinski definition) is 4. The third-order valence-corrected chi connectivity index (χ3v) is 3.94. The van der Waals surface area contributed by atoms with Crippen LogP contribution >= 0.6 is 0 Å². The number of rotatable bonds is 6. The van der Waals surface area contributed by atoms with E-state index in [-0.39, 0.29) is 18.6 Å². The Bertz CT molecular complexity index is 694. The molecule has 6 heteroatoms. The lowest BCUT2D eigenvalue weighted by Crippen LogP contribution is -2.22. The van der Waals surface area contributed by atoms with E-state index in [4.69, 9.17) is 4.74 Å². The number of nitrogens with zero attached hydrogens (tertiary/aromatic N) is 2. The molecule has 2 aromatic rings. The quantitative estimate of drug-likeness (QED) is 0.860. The molecular weight excluding hydrogens is 292 g/mol. The van der Waals surface area contributed by atoms with Crippen molar-refractivity contribution >= 4 is 17.3 Å². The molecule has 1 aromatic heterocycles. The first-order valence-corrected chi connectivity index (χ1v) is 7.59. The fraction of sp³-hybridized carbons (Fsp3) is 0.412. The van der Waals surface area contributed by atoms with Gasteiger partial charge in [0.05, 0.1) is 29.7 Å². The van der Waals surface area contributed by atoms with Gasteiger partial charge < -0.3 is 15.4 Å². The minimum absolute atomic E-state index is 0.0197. The molecule has 0 aliphatic rings. The van der Waals surface area contributed by atoms with E-state index < -0.39 is 0 Å². The smallest absolute Gasteiger partial charge is 0.243 e. The summed E-state index contributed by atoms with van der Waals surface area (Å²) in [5, 5.41) is 10.3. The number of aromatic nitrogens is 2. The van der Waals surface area contributed by atoms with Crippen LogP contribution in [0.3, 0.4) is 0 Å². The summed E-state index contributed by atoms with van der Waals surface area (Å²) in [4.78, 5) is 12.1. The molecule has 0 saturated carbocycles. The zero-order valence-corrected chi connectivity index (χ0v) is 14.3. The van der Waals surface area contributed by atoms with Crippen molar-refractivity contribution in [2.24, 2.45) is 7.05 Å². The van der Waals surface area contributed by atoms with Gasteiger partial charge in [0.25, 0.3) is 0 Å². The number of benzene rings is 1. The van der Waals surface area contributed by atoms with Crippen molar-refractivity contribution in [1.82, 2.24) is 9.78 Å². The van der Waals surface area contributed by atoms with Crippen LogP contribution in [0.4, 0.5) is 11.4 Å². The Balaban J connectivity index is 1.97. The van der Waals surface area contributed by atoms with Gasteiger partial charge in [0.2, 0.25) is 5.91 Å². The standard InChI is InChI=1S/C17H24N4O2/c1-11-17(12(2)21(4)20-11)19-16(22)10-18-15-8-6-7-14(9-15)13(3)23-5/h6-9,13,18H,10H2,1-5H3,(H,19,22)/t13-/m1/s1. The van der Waals surface area contributed by atoms with E-state index in [2.05, 4.69) is 15.7 Å². The number of amides is 1. The Morgan fingerprint density at radius 3 is 2.74 bits per heavy atom. The van der Waals surface area contributed by atoms with E-state index in [9.17, 15) is 4.79 Å². The Morgan fingerprint density at radius 1 is 1.39 bits per heavy atom. The first kappa shape index (κ1) is 17.0. The molecule has 2 N–H and O–H groups in total. The minimum atomic E-state index is -0.102. The number of ether oxygens (including phenoxy) is 1. The maximum atomic E-state index is 12.1. The van der Waals surface area contributed by atoms with E-state index in [1.54, 1.807) is 11.8 Å². The highest BCUT2D eigenvalue weighted by atomic mass is 16.5. The predicted octanol–water partition coefficient (Wildman–Crippen LogP) is 2.79. The van der Waals surface area contributed by atoms with Crippen LogP contribution in [0.5, 0.6) is 0 Å². The zero-order valence-electron chi connectivity index (χ0n) is 14.3. The van der Waals surface area contributed by atoms with Gasteiger partial charge in [-0.1, -0.05) is 12.1 Å². The van der Waals surface area contributed by atoms with Crippen LogP contribution in [0.25, 0.3) is 0 Å². The Labute approximate surface area is 136 Å². The molecule has 124 valence electrons. The summed E-state index contributed by atoms with van der Waals surface area (Å²) >= 11 is 0. The summed E-state index contributed by atoms with van der Waals surface area (Å²) in [5.41, 5.74) is 4.49. The Morgan fingerprint density at radius 2 is 2.13 bits per heavy atom. The van der Waals surface area contributed by atoms with Gasteiger partial charge in [-0.25, -0.2) is 0 Å². The minimum Gasteiger partial charge on any atom is -0.377 e. The molecule has 1 amide bonds. The molecule has 1 atom stereocenters. The lowest BCUT2D eigenvalue weighted by atomic mass is 10.1. The number of carbonyl (C=O) groups is 1. The fourth-order valence-corrected chi connectivity index (χ4v) is 2.36.